The van der Waals surface area contributed by atoms with Crippen LogP contribution in [0.3, 0.4) is 0 Å². The summed E-state index contributed by atoms with van der Waals surface area (Å²) in [6.07, 6.45) is 4.02. The van der Waals surface area contributed by atoms with E-state index >= 15 is 0 Å². The van der Waals surface area contributed by atoms with Gasteiger partial charge in [0.15, 0.2) is 0 Å². The molecule has 0 radical (unpaired) electrons. The molecule has 2 N–H and O–H groups in total. The SMILES string of the molecule is Cc1nc(C2CCC(C)(C)CC2)[nH]c(=O)c1CC(=O)O. The summed E-state index contributed by atoms with van der Waals surface area (Å²) in [6, 6.07) is 0. The Balaban J connectivity index is 2.23. The van der Waals surface area contributed by atoms with E-state index in [0.29, 0.717) is 11.1 Å². The second-order valence-electron chi connectivity index (χ2n) is 6.52. The Kier molecular flexibility index (Phi) is 3.97. The molecule has 0 aliphatic heterocycles. The number of aromatic amines is 1. The molecule has 1 aliphatic carbocycles. The van der Waals surface area contributed by atoms with Crippen molar-refractivity contribution in [2.45, 2.75) is 58.8 Å². The van der Waals surface area contributed by atoms with E-state index in [1.807, 2.05) is 0 Å². The third-order valence-electron chi connectivity index (χ3n) is 4.29. The molecule has 1 saturated carbocycles. The van der Waals surface area contributed by atoms with E-state index in [-0.39, 0.29) is 23.5 Å². The first-order valence-corrected chi connectivity index (χ1v) is 7.10. The van der Waals surface area contributed by atoms with Crippen LogP contribution in [0.5, 0.6) is 0 Å². The second-order valence-corrected chi connectivity index (χ2v) is 6.52. The van der Waals surface area contributed by atoms with Crippen molar-refractivity contribution in [2.75, 3.05) is 0 Å². The normalized spacial score (nSPS) is 18.9. The molecule has 0 unspecified atom stereocenters. The molecule has 1 heterocycles. The van der Waals surface area contributed by atoms with Gasteiger partial charge in [-0.3, -0.25) is 9.59 Å². The van der Waals surface area contributed by atoms with Crippen molar-refractivity contribution < 1.29 is 9.90 Å². The fraction of sp³-hybridized carbons (Fsp3) is 0.667. The van der Waals surface area contributed by atoms with Gasteiger partial charge >= 0.3 is 5.97 Å². The van der Waals surface area contributed by atoms with Crippen LogP contribution in [-0.2, 0) is 11.2 Å². The largest absolute Gasteiger partial charge is 0.481 e. The summed E-state index contributed by atoms with van der Waals surface area (Å²) in [5.74, 6) is -0.00184. The summed E-state index contributed by atoms with van der Waals surface area (Å²) < 4.78 is 0. The Morgan fingerprint density at radius 2 is 2.00 bits per heavy atom. The Hall–Kier alpha value is -1.65. The zero-order valence-corrected chi connectivity index (χ0v) is 12.3. The van der Waals surface area contributed by atoms with E-state index in [0.717, 1.165) is 31.5 Å². The molecule has 0 aromatic carbocycles. The average molecular weight is 278 g/mol. The zero-order chi connectivity index (χ0) is 14.9. The summed E-state index contributed by atoms with van der Waals surface area (Å²) >= 11 is 0. The predicted octanol–water partition coefficient (Wildman–Crippen LogP) is 2.39. The highest BCUT2D eigenvalue weighted by Gasteiger charge is 2.29. The molecule has 5 heteroatoms. The number of carboxylic acids is 1. The second kappa shape index (κ2) is 5.38. The van der Waals surface area contributed by atoms with E-state index in [9.17, 15) is 9.59 Å². The highest BCUT2D eigenvalue weighted by molar-refractivity contribution is 5.70. The number of aryl methyl sites for hydroxylation is 1. The maximum absolute atomic E-state index is 12.0. The van der Waals surface area contributed by atoms with Gasteiger partial charge in [-0.2, -0.15) is 0 Å². The van der Waals surface area contributed by atoms with Crippen LogP contribution in [0.4, 0.5) is 0 Å². The number of nitrogens with zero attached hydrogens (tertiary/aromatic N) is 1. The van der Waals surface area contributed by atoms with Crippen molar-refractivity contribution >= 4 is 5.97 Å². The minimum absolute atomic E-state index is 0.261. The van der Waals surface area contributed by atoms with Gasteiger partial charge in [-0.15, -0.1) is 0 Å². The van der Waals surface area contributed by atoms with Crippen molar-refractivity contribution in [1.29, 1.82) is 0 Å². The molecular formula is C15H22N2O3. The van der Waals surface area contributed by atoms with E-state index < -0.39 is 5.97 Å². The number of H-pyrrole nitrogens is 1. The van der Waals surface area contributed by atoms with Gasteiger partial charge in [-0.25, -0.2) is 4.98 Å². The standard InChI is InChI=1S/C15H22N2O3/c1-9-11(8-12(18)19)14(20)17-13(16-9)10-4-6-15(2,3)7-5-10/h10H,4-8H2,1-3H3,(H,18,19)(H,16,17,20). The summed E-state index contributed by atoms with van der Waals surface area (Å²) in [5.41, 5.74) is 0.864. The highest BCUT2D eigenvalue weighted by atomic mass is 16.4. The number of carboxylic acid groups (broad SMARTS) is 1. The van der Waals surface area contributed by atoms with Gasteiger partial charge in [0.2, 0.25) is 0 Å². The Bertz CT molecular complexity index is 565. The first kappa shape index (κ1) is 14.8. The van der Waals surface area contributed by atoms with Crippen LogP contribution < -0.4 is 5.56 Å². The molecule has 0 amide bonds. The molecule has 1 aromatic rings. The van der Waals surface area contributed by atoms with Crippen LogP contribution in [-0.4, -0.2) is 21.0 Å². The highest BCUT2D eigenvalue weighted by Crippen LogP contribution is 2.41. The first-order valence-electron chi connectivity index (χ1n) is 7.10. The molecule has 0 atom stereocenters. The van der Waals surface area contributed by atoms with Crippen LogP contribution in [0.2, 0.25) is 0 Å². The number of carbonyl (C=O) groups is 1. The van der Waals surface area contributed by atoms with Crippen LogP contribution in [0, 0.1) is 12.3 Å². The first-order chi connectivity index (χ1) is 9.28. The predicted molar refractivity (Wildman–Crippen MR) is 75.9 cm³/mol. The lowest BCUT2D eigenvalue weighted by Crippen LogP contribution is -2.26. The minimum Gasteiger partial charge on any atom is -0.481 e. The smallest absolute Gasteiger partial charge is 0.308 e. The Morgan fingerprint density at radius 3 is 2.50 bits per heavy atom. The molecule has 5 nitrogen and oxygen atoms in total. The lowest BCUT2D eigenvalue weighted by Gasteiger charge is -2.33. The molecule has 2 rings (SSSR count). The van der Waals surface area contributed by atoms with Crippen LogP contribution in [0.25, 0.3) is 0 Å². The fourth-order valence-electron chi connectivity index (χ4n) is 2.86. The fourth-order valence-corrected chi connectivity index (χ4v) is 2.86. The van der Waals surface area contributed by atoms with E-state index in [4.69, 9.17) is 5.11 Å². The molecule has 0 spiro atoms. The maximum atomic E-state index is 12.0. The molecule has 0 saturated heterocycles. The van der Waals surface area contributed by atoms with Gasteiger partial charge in [0.1, 0.15) is 5.82 Å². The average Bonchev–Trinajstić information content (AvgIpc) is 2.33. The van der Waals surface area contributed by atoms with Crippen molar-refractivity contribution in [1.82, 2.24) is 9.97 Å². The lowest BCUT2D eigenvalue weighted by atomic mass is 9.73. The van der Waals surface area contributed by atoms with Crippen molar-refractivity contribution in [3.63, 3.8) is 0 Å². The zero-order valence-electron chi connectivity index (χ0n) is 12.3. The Labute approximate surface area is 118 Å². The van der Waals surface area contributed by atoms with E-state index in [1.165, 1.54) is 0 Å². The van der Waals surface area contributed by atoms with Gasteiger partial charge in [-0.1, -0.05) is 13.8 Å². The summed E-state index contributed by atoms with van der Waals surface area (Å²) in [4.78, 5) is 30.0. The van der Waals surface area contributed by atoms with Crippen molar-refractivity contribution in [3.8, 4) is 0 Å². The number of nitrogens with one attached hydrogen (secondary N) is 1. The van der Waals surface area contributed by atoms with Crippen LogP contribution >= 0.6 is 0 Å². The number of aliphatic carboxylic acids is 1. The third kappa shape index (κ3) is 3.26. The minimum atomic E-state index is -1.01. The van der Waals surface area contributed by atoms with E-state index in [1.54, 1.807) is 6.92 Å². The lowest BCUT2D eigenvalue weighted by molar-refractivity contribution is -0.136. The quantitative estimate of drug-likeness (QED) is 0.889. The number of hydrogen-bond donors (Lipinski definition) is 2. The monoisotopic (exact) mass is 278 g/mol. The summed E-state index contributed by atoms with van der Waals surface area (Å²) in [5, 5.41) is 8.81. The van der Waals surface area contributed by atoms with Gasteiger partial charge in [0.05, 0.1) is 6.42 Å². The number of aromatic nitrogens is 2. The molecular weight excluding hydrogens is 256 g/mol. The topological polar surface area (TPSA) is 83.0 Å². The summed E-state index contributed by atoms with van der Waals surface area (Å²) in [6.45, 7) is 6.24. The molecule has 20 heavy (non-hydrogen) atoms. The van der Waals surface area contributed by atoms with Gasteiger partial charge < -0.3 is 10.1 Å². The summed E-state index contributed by atoms with van der Waals surface area (Å²) in [7, 11) is 0. The molecule has 110 valence electrons. The molecule has 1 aliphatic rings. The van der Waals surface area contributed by atoms with Crippen LogP contribution in [0.15, 0.2) is 4.79 Å². The Morgan fingerprint density at radius 1 is 1.40 bits per heavy atom. The van der Waals surface area contributed by atoms with Crippen LogP contribution in [0.1, 0.15) is 62.5 Å². The molecule has 1 fully saturated rings. The maximum Gasteiger partial charge on any atom is 0.308 e. The van der Waals surface area contributed by atoms with Gasteiger partial charge in [-0.05, 0) is 38.0 Å². The molecule has 0 bridgehead atoms. The number of rotatable bonds is 3. The van der Waals surface area contributed by atoms with E-state index in [2.05, 4.69) is 23.8 Å². The van der Waals surface area contributed by atoms with Gasteiger partial charge in [0, 0.05) is 17.2 Å². The third-order valence-corrected chi connectivity index (χ3v) is 4.29. The van der Waals surface area contributed by atoms with Crippen molar-refractivity contribution in [2.24, 2.45) is 5.41 Å². The van der Waals surface area contributed by atoms with Crippen molar-refractivity contribution in [3.05, 3.63) is 27.4 Å². The van der Waals surface area contributed by atoms with Gasteiger partial charge in [0.25, 0.3) is 5.56 Å². The molecule has 1 aromatic heterocycles. The number of hydrogen-bond acceptors (Lipinski definition) is 3.